The Morgan fingerprint density at radius 1 is 1.35 bits per heavy atom. The van der Waals surface area contributed by atoms with Gasteiger partial charge in [0.25, 0.3) is 5.56 Å². The van der Waals surface area contributed by atoms with Gasteiger partial charge in [0.2, 0.25) is 0 Å². The van der Waals surface area contributed by atoms with Gasteiger partial charge in [0.1, 0.15) is 5.75 Å². The van der Waals surface area contributed by atoms with Crippen molar-refractivity contribution >= 4 is 0 Å². The minimum absolute atomic E-state index is 0.0892. The second-order valence-corrected chi connectivity index (χ2v) is 4.84. The number of benzene rings is 1. The third-order valence-electron chi connectivity index (χ3n) is 2.81. The van der Waals surface area contributed by atoms with Crippen molar-refractivity contribution in [3.8, 4) is 17.0 Å². The minimum atomic E-state index is -0.301. The van der Waals surface area contributed by atoms with Crippen LogP contribution < -0.4 is 10.3 Å². The molecule has 0 saturated heterocycles. The highest BCUT2D eigenvalue weighted by atomic mass is 16.5. The van der Waals surface area contributed by atoms with Crippen molar-refractivity contribution < 1.29 is 9.84 Å². The Balaban J connectivity index is 2.46. The Kier molecular flexibility index (Phi) is 4.20. The first-order chi connectivity index (χ1) is 9.51. The van der Waals surface area contributed by atoms with Gasteiger partial charge in [0.15, 0.2) is 0 Å². The molecule has 1 aromatic carbocycles. The van der Waals surface area contributed by atoms with E-state index in [0.717, 1.165) is 11.3 Å². The van der Waals surface area contributed by atoms with Gasteiger partial charge in [0.05, 0.1) is 18.4 Å². The maximum Gasteiger partial charge on any atom is 0.272 e. The van der Waals surface area contributed by atoms with Crippen LogP contribution in [0, 0.1) is 0 Å². The van der Waals surface area contributed by atoms with Gasteiger partial charge in [-0.25, -0.2) is 4.68 Å². The molecule has 0 radical (unpaired) electrons. The Hall–Kier alpha value is -2.14. The van der Waals surface area contributed by atoms with Gasteiger partial charge in [-0.15, -0.1) is 0 Å². The quantitative estimate of drug-likeness (QED) is 0.922. The van der Waals surface area contributed by atoms with Crippen LogP contribution in [0.5, 0.6) is 5.75 Å². The summed E-state index contributed by atoms with van der Waals surface area (Å²) in [5.74, 6) is 0.749. The van der Waals surface area contributed by atoms with E-state index in [-0.39, 0.29) is 18.3 Å². The molecule has 0 bridgehead atoms. The molecule has 0 saturated carbocycles. The zero-order chi connectivity index (χ0) is 14.7. The van der Waals surface area contributed by atoms with Gasteiger partial charge >= 0.3 is 0 Å². The van der Waals surface area contributed by atoms with E-state index in [1.165, 1.54) is 4.68 Å². The lowest BCUT2D eigenvalue weighted by atomic mass is 10.1. The number of aryl methyl sites for hydroxylation is 1. The fourth-order valence-electron chi connectivity index (χ4n) is 1.93. The smallest absolute Gasteiger partial charge is 0.272 e. The minimum Gasteiger partial charge on any atom is -0.491 e. The molecular formula is C15H18N2O3. The SMILES string of the molecule is CC(C)Oc1cccc(-c2cc(CO)c(=O)n(C)n2)c1. The van der Waals surface area contributed by atoms with Crippen LogP contribution in [0.3, 0.4) is 0 Å². The second kappa shape index (κ2) is 5.88. The van der Waals surface area contributed by atoms with Gasteiger partial charge in [0, 0.05) is 18.2 Å². The molecule has 0 amide bonds. The summed E-state index contributed by atoms with van der Waals surface area (Å²) in [7, 11) is 1.57. The molecule has 0 aliphatic heterocycles. The van der Waals surface area contributed by atoms with Crippen LogP contribution in [0.15, 0.2) is 35.1 Å². The normalized spacial score (nSPS) is 10.8. The molecule has 1 N–H and O–H groups in total. The highest BCUT2D eigenvalue weighted by molar-refractivity contribution is 5.61. The molecule has 20 heavy (non-hydrogen) atoms. The third-order valence-corrected chi connectivity index (χ3v) is 2.81. The van der Waals surface area contributed by atoms with E-state index in [1.54, 1.807) is 13.1 Å². The van der Waals surface area contributed by atoms with Crippen LogP contribution in [-0.2, 0) is 13.7 Å². The number of rotatable bonds is 4. The molecule has 5 nitrogen and oxygen atoms in total. The fraction of sp³-hybridized carbons (Fsp3) is 0.333. The predicted octanol–water partition coefficient (Wildman–Crippen LogP) is 1.73. The molecular weight excluding hydrogens is 256 g/mol. The van der Waals surface area contributed by atoms with E-state index >= 15 is 0 Å². The first kappa shape index (κ1) is 14.3. The third kappa shape index (κ3) is 3.05. The van der Waals surface area contributed by atoms with Crippen molar-refractivity contribution in [2.45, 2.75) is 26.6 Å². The Morgan fingerprint density at radius 2 is 2.10 bits per heavy atom. The second-order valence-electron chi connectivity index (χ2n) is 4.84. The number of nitrogens with zero attached hydrogens (tertiary/aromatic N) is 2. The van der Waals surface area contributed by atoms with E-state index in [4.69, 9.17) is 4.74 Å². The predicted molar refractivity (Wildman–Crippen MR) is 76.6 cm³/mol. The summed E-state index contributed by atoms with van der Waals surface area (Å²) in [6.07, 6.45) is 0.0892. The van der Waals surface area contributed by atoms with E-state index in [1.807, 2.05) is 38.1 Å². The Labute approximate surface area is 117 Å². The number of aromatic nitrogens is 2. The maximum atomic E-state index is 11.7. The van der Waals surface area contributed by atoms with Crippen molar-refractivity contribution in [3.05, 3.63) is 46.2 Å². The zero-order valence-corrected chi connectivity index (χ0v) is 11.8. The van der Waals surface area contributed by atoms with Crippen molar-refractivity contribution in [2.75, 3.05) is 0 Å². The van der Waals surface area contributed by atoms with Gasteiger partial charge in [-0.1, -0.05) is 12.1 Å². The van der Waals surface area contributed by atoms with Gasteiger partial charge in [-0.05, 0) is 32.0 Å². The highest BCUT2D eigenvalue weighted by Crippen LogP contribution is 2.22. The summed E-state index contributed by atoms with van der Waals surface area (Å²) in [4.78, 5) is 11.7. The first-order valence-corrected chi connectivity index (χ1v) is 6.46. The number of aliphatic hydroxyl groups is 1. The highest BCUT2D eigenvalue weighted by Gasteiger charge is 2.08. The maximum absolute atomic E-state index is 11.7. The summed E-state index contributed by atoms with van der Waals surface area (Å²) in [6.45, 7) is 3.62. The molecule has 0 spiro atoms. The molecule has 0 aliphatic rings. The average molecular weight is 274 g/mol. The summed E-state index contributed by atoms with van der Waals surface area (Å²) in [5.41, 5.74) is 1.51. The van der Waals surface area contributed by atoms with Crippen LogP contribution in [0.1, 0.15) is 19.4 Å². The van der Waals surface area contributed by atoms with Gasteiger partial charge < -0.3 is 9.84 Å². The standard InChI is InChI=1S/C15H18N2O3/c1-10(2)20-13-6-4-5-11(7-13)14-8-12(9-18)15(19)17(3)16-14/h4-8,10,18H,9H2,1-3H3. The zero-order valence-electron chi connectivity index (χ0n) is 11.8. The molecule has 0 unspecified atom stereocenters. The number of ether oxygens (including phenoxy) is 1. The fourth-order valence-corrected chi connectivity index (χ4v) is 1.93. The molecule has 0 fully saturated rings. The number of hydrogen-bond donors (Lipinski definition) is 1. The summed E-state index contributed by atoms with van der Waals surface area (Å²) in [5, 5.41) is 13.4. The van der Waals surface area contributed by atoms with E-state index in [2.05, 4.69) is 5.10 Å². The summed E-state index contributed by atoms with van der Waals surface area (Å²) < 4.78 is 6.87. The van der Waals surface area contributed by atoms with Crippen LogP contribution in [0.25, 0.3) is 11.3 Å². The van der Waals surface area contributed by atoms with Crippen LogP contribution in [0.2, 0.25) is 0 Å². The van der Waals surface area contributed by atoms with Gasteiger partial charge in [-0.3, -0.25) is 4.79 Å². The summed E-state index contributed by atoms with van der Waals surface area (Å²) >= 11 is 0. The molecule has 106 valence electrons. The molecule has 2 aromatic rings. The lowest BCUT2D eigenvalue weighted by molar-refractivity contribution is 0.242. The van der Waals surface area contributed by atoms with Crippen molar-refractivity contribution in [1.82, 2.24) is 9.78 Å². The van der Waals surface area contributed by atoms with Crippen molar-refractivity contribution in [2.24, 2.45) is 7.05 Å². The molecule has 0 atom stereocenters. The molecule has 2 rings (SSSR count). The van der Waals surface area contributed by atoms with Crippen molar-refractivity contribution in [1.29, 1.82) is 0 Å². The number of aliphatic hydroxyl groups excluding tert-OH is 1. The van der Waals surface area contributed by atoms with Crippen LogP contribution in [-0.4, -0.2) is 21.0 Å². The lowest BCUT2D eigenvalue weighted by Crippen LogP contribution is -2.23. The number of hydrogen-bond acceptors (Lipinski definition) is 4. The largest absolute Gasteiger partial charge is 0.491 e. The monoisotopic (exact) mass is 274 g/mol. The molecule has 0 aliphatic carbocycles. The summed E-state index contributed by atoms with van der Waals surface area (Å²) in [6, 6.07) is 9.11. The van der Waals surface area contributed by atoms with Crippen LogP contribution in [0.4, 0.5) is 0 Å². The lowest BCUT2D eigenvalue weighted by Gasteiger charge is -2.11. The van der Waals surface area contributed by atoms with Crippen LogP contribution >= 0.6 is 0 Å². The Bertz CT molecular complexity index is 662. The van der Waals surface area contributed by atoms with E-state index in [9.17, 15) is 9.90 Å². The molecule has 5 heteroatoms. The Morgan fingerprint density at radius 3 is 2.75 bits per heavy atom. The molecule has 1 aromatic heterocycles. The topological polar surface area (TPSA) is 64.3 Å². The average Bonchev–Trinajstić information content (AvgIpc) is 2.41. The van der Waals surface area contributed by atoms with Gasteiger partial charge in [-0.2, -0.15) is 5.10 Å². The molecule has 1 heterocycles. The van der Waals surface area contributed by atoms with E-state index in [0.29, 0.717) is 11.3 Å². The van der Waals surface area contributed by atoms with Crippen molar-refractivity contribution in [3.63, 3.8) is 0 Å². The first-order valence-electron chi connectivity index (χ1n) is 6.46. The van der Waals surface area contributed by atoms with E-state index < -0.39 is 0 Å².